The molecule has 2 heterocycles. The van der Waals surface area contributed by atoms with Crippen LogP contribution in [0.2, 0.25) is 0 Å². The van der Waals surface area contributed by atoms with Crippen LogP contribution in [0.5, 0.6) is 0 Å². The average molecular weight is 553 g/mol. The van der Waals surface area contributed by atoms with Gasteiger partial charge in [-0.25, -0.2) is 0 Å². The van der Waals surface area contributed by atoms with Crippen LogP contribution in [-0.4, -0.2) is 18.3 Å². The summed E-state index contributed by atoms with van der Waals surface area (Å²) in [6.45, 7) is 12.3. The number of benzene rings is 5. The van der Waals surface area contributed by atoms with Crippen molar-refractivity contribution in [3.8, 4) is 33.4 Å². The highest BCUT2D eigenvalue weighted by atomic mass is 16.7. The minimum atomic E-state index is -0.475. The lowest BCUT2D eigenvalue weighted by atomic mass is 9.76. The molecule has 1 aliphatic heterocycles. The molecule has 0 unspecified atom stereocenters. The van der Waals surface area contributed by atoms with E-state index in [2.05, 4.69) is 119 Å². The van der Waals surface area contributed by atoms with E-state index in [9.17, 15) is 0 Å². The Morgan fingerprint density at radius 2 is 0.976 bits per heavy atom. The van der Waals surface area contributed by atoms with E-state index < -0.39 is 18.3 Å². The second-order valence-corrected chi connectivity index (χ2v) is 11.6. The molecule has 0 N–H and O–H groups in total. The molecule has 6 aromatic rings. The average Bonchev–Trinajstić information content (AvgIpc) is 3.51. The van der Waals surface area contributed by atoms with Crippen molar-refractivity contribution in [3.63, 3.8) is 0 Å². The summed E-state index contributed by atoms with van der Waals surface area (Å²) in [5.74, 6) is 0. The van der Waals surface area contributed by atoms with Crippen molar-refractivity contribution in [3.05, 3.63) is 115 Å². The summed E-state index contributed by atoms with van der Waals surface area (Å²) >= 11 is 0. The van der Waals surface area contributed by atoms with Gasteiger partial charge in [-0.1, -0.05) is 111 Å². The Hall–Kier alpha value is -4.12. The Bertz CT molecular complexity index is 1830. The summed E-state index contributed by atoms with van der Waals surface area (Å²) in [4.78, 5) is 0. The van der Waals surface area contributed by atoms with E-state index in [1.165, 1.54) is 22.3 Å². The van der Waals surface area contributed by atoms with Crippen LogP contribution in [0, 0.1) is 0 Å². The van der Waals surface area contributed by atoms with Gasteiger partial charge in [0.1, 0.15) is 11.2 Å². The van der Waals surface area contributed by atoms with Crippen LogP contribution >= 0.6 is 0 Å². The molecule has 210 valence electrons. The molecule has 0 bridgehead atoms. The molecule has 4 heteroatoms. The Labute approximate surface area is 249 Å². The number of furan rings is 1. The first-order chi connectivity index (χ1) is 20.3. The Balaban J connectivity index is 0.00000155. The molecule has 7 rings (SSSR count). The van der Waals surface area contributed by atoms with Gasteiger partial charge in [-0.15, -0.1) is 0 Å². The molecule has 1 aromatic heterocycles. The fourth-order valence-electron chi connectivity index (χ4n) is 5.65. The van der Waals surface area contributed by atoms with Crippen molar-refractivity contribution >= 4 is 34.5 Å². The van der Waals surface area contributed by atoms with E-state index in [1.807, 2.05) is 38.1 Å². The zero-order valence-electron chi connectivity index (χ0n) is 25.3. The van der Waals surface area contributed by atoms with Gasteiger partial charge >= 0.3 is 7.12 Å². The standard InChI is InChI=1S/C36H31BO3.C2H6/c1-35(2)36(3,4)40-37(39-35)30-16-10-18-32-34(30)33-29(15-9-17-31(33)38-32)28-14-8-13-27(23-28)26-21-19-25(20-22-26)24-11-6-5-7-12-24;1-2/h5-23H,1-4H3;1-2H3. The molecule has 0 aliphatic carbocycles. The van der Waals surface area contributed by atoms with Crippen molar-refractivity contribution in [2.45, 2.75) is 52.7 Å². The molecule has 0 atom stereocenters. The maximum atomic E-state index is 6.48. The lowest BCUT2D eigenvalue weighted by Crippen LogP contribution is -2.41. The summed E-state index contributed by atoms with van der Waals surface area (Å²) in [7, 11) is -0.475. The highest BCUT2D eigenvalue weighted by Crippen LogP contribution is 2.40. The summed E-state index contributed by atoms with van der Waals surface area (Å²) < 4.78 is 19.3. The van der Waals surface area contributed by atoms with Crippen LogP contribution in [0.15, 0.2) is 120 Å². The third-order valence-corrected chi connectivity index (χ3v) is 8.56. The van der Waals surface area contributed by atoms with Gasteiger partial charge < -0.3 is 13.7 Å². The summed E-state index contributed by atoms with van der Waals surface area (Å²) in [5.41, 5.74) is 8.90. The van der Waals surface area contributed by atoms with Crippen molar-refractivity contribution in [1.82, 2.24) is 0 Å². The molecule has 1 fully saturated rings. The van der Waals surface area contributed by atoms with Crippen molar-refractivity contribution < 1.29 is 13.7 Å². The first kappa shape index (κ1) is 28.0. The van der Waals surface area contributed by atoms with Crippen LogP contribution < -0.4 is 5.46 Å². The first-order valence-electron chi connectivity index (χ1n) is 14.9. The normalized spacial score (nSPS) is 15.5. The molecule has 3 nitrogen and oxygen atoms in total. The van der Waals surface area contributed by atoms with Crippen LogP contribution in [0.25, 0.3) is 55.3 Å². The van der Waals surface area contributed by atoms with Crippen molar-refractivity contribution in [1.29, 1.82) is 0 Å². The summed E-state index contributed by atoms with van der Waals surface area (Å²) in [6.07, 6.45) is 0. The van der Waals surface area contributed by atoms with Crippen LogP contribution in [0.1, 0.15) is 41.5 Å². The van der Waals surface area contributed by atoms with E-state index in [0.717, 1.165) is 38.5 Å². The van der Waals surface area contributed by atoms with E-state index in [4.69, 9.17) is 13.7 Å². The molecule has 0 radical (unpaired) electrons. The molecule has 0 saturated carbocycles. The number of hydrogen-bond donors (Lipinski definition) is 0. The van der Waals surface area contributed by atoms with Gasteiger partial charge in [-0.05, 0) is 84.7 Å². The van der Waals surface area contributed by atoms with E-state index in [1.54, 1.807) is 0 Å². The second-order valence-electron chi connectivity index (χ2n) is 11.6. The third-order valence-electron chi connectivity index (χ3n) is 8.56. The van der Waals surface area contributed by atoms with Gasteiger partial charge in [0.25, 0.3) is 0 Å². The van der Waals surface area contributed by atoms with Gasteiger partial charge in [0.15, 0.2) is 0 Å². The summed E-state index contributed by atoms with van der Waals surface area (Å²) in [5, 5.41) is 2.13. The van der Waals surface area contributed by atoms with Crippen molar-refractivity contribution in [2.75, 3.05) is 0 Å². The fraction of sp³-hybridized carbons (Fsp3) is 0.211. The van der Waals surface area contributed by atoms with Crippen LogP contribution in [-0.2, 0) is 9.31 Å². The minimum absolute atomic E-state index is 0.424. The highest BCUT2D eigenvalue weighted by Gasteiger charge is 2.52. The molecular weight excluding hydrogens is 515 g/mol. The number of rotatable bonds is 4. The predicted octanol–water partition coefficient (Wildman–Crippen LogP) is 9.91. The molecule has 0 spiro atoms. The predicted molar refractivity (Wildman–Crippen MR) is 177 cm³/mol. The zero-order valence-corrected chi connectivity index (χ0v) is 25.3. The maximum Gasteiger partial charge on any atom is 0.495 e. The lowest BCUT2D eigenvalue weighted by Gasteiger charge is -2.32. The topological polar surface area (TPSA) is 31.6 Å². The number of hydrogen-bond acceptors (Lipinski definition) is 3. The van der Waals surface area contributed by atoms with Gasteiger partial charge in [0.2, 0.25) is 0 Å². The quantitative estimate of drug-likeness (QED) is 0.204. The van der Waals surface area contributed by atoms with Gasteiger partial charge in [-0.2, -0.15) is 0 Å². The monoisotopic (exact) mass is 552 g/mol. The van der Waals surface area contributed by atoms with Gasteiger partial charge in [-0.3, -0.25) is 0 Å². The first-order valence-corrected chi connectivity index (χ1v) is 14.9. The molecule has 1 saturated heterocycles. The molecule has 1 aliphatic rings. The number of fused-ring (bicyclic) bond motifs is 3. The van der Waals surface area contributed by atoms with Gasteiger partial charge in [0.05, 0.1) is 11.2 Å². The largest absolute Gasteiger partial charge is 0.495 e. The molecule has 5 aromatic carbocycles. The van der Waals surface area contributed by atoms with Gasteiger partial charge in [0, 0.05) is 10.8 Å². The highest BCUT2D eigenvalue weighted by molar-refractivity contribution is 6.66. The Morgan fingerprint density at radius 3 is 1.64 bits per heavy atom. The second kappa shape index (κ2) is 10.9. The Kier molecular flexibility index (Phi) is 7.30. The molecule has 0 amide bonds. The molecule has 42 heavy (non-hydrogen) atoms. The fourth-order valence-corrected chi connectivity index (χ4v) is 5.65. The van der Waals surface area contributed by atoms with Crippen LogP contribution in [0.3, 0.4) is 0 Å². The van der Waals surface area contributed by atoms with E-state index >= 15 is 0 Å². The van der Waals surface area contributed by atoms with Crippen molar-refractivity contribution in [2.24, 2.45) is 0 Å². The van der Waals surface area contributed by atoms with Crippen LogP contribution in [0.4, 0.5) is 0 Å². The maximum absolute atomic E-state index is 6.48. The lowest BCUT2D eigenvalue weighted by molar-refractivity contribution is 0.00578. The summed E-state index contributed by atoms with van der Waals surface area (Å²) in [6, 6.07) is 40.4. The van der Waals surface area contributed by atoms with E-state index in [0.29, 0.717) is 0 Å². The van der Waals surface area contributed by atoms with E-state index in [-0.39, 0.29) is 0 Å². The molecular formula is C38H37BO3. The SMILES string of the molecule is CC.CC1(C)OB(c2cccc3oc4cccc(-c5cccc(-c6ccc(-c7ccccc7)cc6)c5)c4c23)OC1(C)C. The third kappa shape index (κ3) is 4.85. The smallest absolute Gasteiger partial charge is 0.456 e. The Morgan fingerprint density at radius 1 is 0.476 bits per heavy atom. The zero-order chi connectivity index (χ0) is 29.5. The minimum Gasteiger partial charge on any atom is -0.456 e.